The van der Waals surface area contributed by atoms with E-state index in [2.05, 4.69) is 45.3 Å². The second kappa shape index (κ2) is 31.2. The fraction of sp³-hybridized carbons (Fsp3) is 0.161. The first-order chi connectivity index (χ1) is 16.1. The molecule has 5 aliphatic rings. The molecule has 5 fully saturated rings. The van der Waals surface area contributed by atoms with Gasteiger partial charge in [0.25, 0.3) is 0 Å². The summed E-state index contributed by atoms with van der Waals surface area (Å²) < 4.78 is 0. The maximum atomic E-state index is 3.73. The Hall–Kier alpha value is 1.67. The largest absolute Gasteiger partial charge is 4.00 e. The third-order valence-corrected chi connectivity index (χ3v) is 3.92. The topological polar surface area (TPSA) is 6.48 Å². The van der Waals surface area contributed by atoms with E-state index < -0.39 is 0 Å². The third-order valence-electron chi connectivity index (χ3n) is 3.92. The zero-order chi connectivity index (χ0) is 24.0. The molecule has 5 saturated carbocycles. The van der Waals surface area contributed by atoms with Gasteiger partial charge in [0, 0.05) is 0 Å². The maximum Gasteiger partial charge on any atom is 4.00 e. The first-order valence-corrected chi connectivity index (χ1v) is 11.0. The average Bonchev–Trinajstić information content (AvgIpc) is 3.62. The first-order valence-electron chi connectivity index (χ1n) is 11.0. The van der Waals surface area contributed by atoms with Crippen molar-refractivity contribution in [3.8, 4) is 0 Å². The molecule has 25 radical (unpaired) electrons. The second-order valence-corrected chi connectivity index (χ2v) is 7.53. The Labute approximate surface area is 264 Å². The minimum Gasteiger partial charge on any atom is -0.469 e. The Morgan fingerprint density at radius 1 is 0.528 bits per heavy atom. The third kappa shape index (κ3) is 28.7. The zero-order valence-electron chi connectivity index (χ0n) is 21.3. The summed E-state index contributed by atoms with van der Waals surface area (Å²) >= 11 is 0. The van der Waals surface area contributed by atoms with Gasteiger partial charge < -0.3 is 22.6 Å². The monoisotopic (exact) mass is 596 g/mol. The predicted octanol–water partition coefficient (Wildman–Crippen LogP) is 4.88. The molecule has 0 amide bonds. The summed E-state index contributed by atoms with van der Waals surface area (Å²) in [5.41, 5.74) is 0. The van der Waals surface area contributed by atoms with Crippen molar-refractivity contribution in [2.24, 2.45) is 0 Å². The van der Waals surface area contributed by atoms with Gasteiger partial charge in [-0.25, -0.2) is 12.8 Å². The summed E-state index contributed by atoms with van der Waals surface area (Å²) in [5.74, 6) is 2.47. The Bertz CT molecular complexity index is 317. The molecule has 0 spiro atoms. The molecule has 0 bridgehead atoms. The molecule has 2 nitrogen and oxygen atoms in total. The van der Waals surface area contributed by atoms with Crippen molar-refractivity contribution in [2.45, 2.75) is 0 Å². The smallest absolute Gasteiger partial charge is 0.469 e. The van der Waals surface area contributed by atoms with Crippen LogP contribution in [0.5, 0.6) is 0 Å². The van der Waals surface area contributed by atoms with Gasteiger partial charge in [0.05, 0.1) is 0 Å². The summed E-state index contributed by atoms with van der Waals surface area (Å²) in [6, 6.07) is 0. The van der Waals surface area contributed by atoms with Crippen LogP contribution in [-0.2, 0) is 55.9 Å². The predicted molar refractivity (Wildman–Crippen MR) is 140 cm³/mol. The van der Waals surface area contributed by atoms with Crippen molar-refractivity contribution in [3.63, 3.8) is 0 Å². The summed E-state index contributed by atoms with van der Waals surface area (Å²) in [5, 5.41) is 0. The van der Waals surface area contributed by atoms with Crippen molar-refractivity contribution in [1.29, 1.82) is 0 Å². The fourth-order valence-corrected chi connectivity index (χ4v) is 2.53. The van der Waals surface area contributed by atoms with Crippen LogP contribution in [0.15, 0.2) is 0 Å². The van der Waals surface area contributed by atoms with E-state index in [1.165, 1.54) is 11.8 Å². The van der Waals surface area contributed by atoms with E-state index in [-0.39, 0.29) is 55.9 Å². The van der Waals surface area contributed by atoms with Gasteiger partial charge in [-0.05, 0) is 124 Å². The minimum absolute atomic E-state index is 0. The maximum absolute atomic E-state index is 3.73. The van der Waals surface area contributed by atoms with Crippen LogP contribution in [0.2, 0.25) is 0 Å². The molecule has 0 aliphatic heterocycles. The number of hydrogen-bond donors (Lipinski definition) is 0. The minimum atomic E-state index is 0. The van der Waals surface area contributed by atoms with Crippen molar-refractivity contribution in [1.82, 2.24) is 9.80 Å². The van der Waals surface area contributed by atoms with E-state index in [1.54, 1.807) is 0 Å². The van der Waals surface area contributed by atoms with E-state index in [4.69, 9.17) is 0 Å². The standard InChI is InChI=1S/C8H11N.C8H10N.3C5H5.2Fe.Ti/c2*1-9(2)7-8-5-3-4-6-8;3*1-2-4-5-3-1;;;/h3-5H,7H2,1-2H3;3-5H,1,7H2,2H3;3*1-5H;;;/q-1;-2;;;;2*+2;+4. The molecule has 0 N–H and O–H groups in total. The quantitative estimate of drug-likeness (QED) is 0.338. The summed E-state index contributed by atoms with van der Waals surface area (Å²) in [4.78, 5) is 4.01. The molecule has 0 aromatic heterocycles. The van der Waals surface area contributed by atoms with Crippen LogP contribution in [0.4, 0.5) is 0 Å². The molecule has 0 aromatic carbocycles. The van der Waals surface area contributed by atoms with Gasteiger partial charge in [0.1, 0.15) is 0 Å². The Morgan fingerprint density at radius 3 is 1.00 bits per heavy atom. The molecular formula is C31H36Fe2N2Ti+5. The van der Waals surface area contributed by atoms with E-state index in [9.17, 15) is 0 Å². The first kappa shape index (κ1) is 42.1. The van der Waals surface area contributed by atoms with E-state index in [1.807, 2.05) is 140 Å². The van der Waals surface area contributed by atoms with Crippen molar-refractivity contribution in [2.75, 3.05) is 34.2 Å². The number of nitrogens with zero attached hydrogens (tertiary/aromatic N) is 2. The van der Waals surface area contributed by atoms with Crippen molar-refractivity contribution < 1.29 is 55.9 Å². The molecule has 0 heterocycles. The normalized spacial score (nSPS) is 20.8. The molecule has 5 heteroatoms. The van der Waals surface area contributed by atoms with E-state index >= 15 is 0 Å². The summed E-state index contributed by atoms with van der Waals surface area (Å²) in [6.45, 7) is 1.88. The SMILES string of the molecule is CN(C)C[C]1[C-][CH][CH][CH]1.[CH2-]N(C)C[C]1[C-][CH][CH][CH]1.[CH]1[CH][CH][CH][CH]1.[CH]1[CH][CH][CH][CH]1.[CH]1[CH][CH][CH][CH]1.[Fe+2].[Fe+2].[Ti+4]. The summed E-state index contributed by atoms with van der Waals surface area (Å²) in [7, 11) is 9.78. The van der Waals surface area contributed by atoms with Crippen LogP contribution in [0, 0.1) is 167 Å². The number of hydrogen-bond acceptors (Lipinski definition) is 2. The molecule has 185 valence electrons. The molecule has 5 aliphatic carbocycles. The number of rotatable bonds is 4. The van der Waals surface area contributed by atoms with Crippen LogP contribution in [-0.4, -0.2) is 44.0 Å². The fourth-order valence-electron chi connectivity index (χ4n) is 2.53. The second-order valence-electron chi connectivity index (χ2n) is 7.53. The Balaban J connectivity index is -0.000000380. The Morgan fingerprint density at radius 2 is 0.806 bits per heavy atom. The van der Waals surface area contributed by atoms with Gasteiger partial charge in [0.15, 0.2) is 0 Å². The van der Waals surface area contributed by atoms with Gasteiger partial charge in [-0.2, -0.15) is 11.8 Å². The molecule has 0 aromatic rings. The van der Waals surface area contributed by atoms with Crippen LogP contribution < -0.4 is 0 Å². The molecule has 0 unspecified atom stereocenters. The van der Waals surface area contributed by atoms with Crippen LogP contribution in [0.1, 0.15) is 0 Å². The van der Waals surface area contributed by atoms with E-state index in [0.29, 0.717) is 0 Å². The molecule has 0 atom stereocenters. The van der Waals surface area contributed by atoms with Gasteiger partial charge >= 0.3 is 55.9 Å². The van der Waals surface area contributed by atoms with Crippen molar-refractivity contribution in [3.05, 3.63) is 167 Å². The van der Waals surface area contributed by atoms with Gasteiger partial charge in [-0.3, -0.25) is 7.05 Å². The summed E-state index contributed by atoms with van der Waals surface area (Å²) in [6.07, 6.45) is 48.2. The van der Waals surface area contributed by atoms with Crippen LogP contribution in [0.25, 0.3) is 0 Å². The molecule has 0 saturated heterocycles. The zero-order valence-corrected chi connectivity index (χ0v) is 25.1. The van der Waals surface area contributed by atoms with E-state index in [0.717, 1.165) is 13.1 Å². The molecular weight excluding hydrogens is 560 g/mol. The molecule has 5 rings (SSSR count). The Kier molecular flexibility index (Phi) is 36.5. The van der Waals surface area contributed by atoms with Crippen molar-refractivity contribution >= 4 is 0 Å². The van der Waals surface area contributed by atoms with Crippen LogP contribution in [0.3, 0.4) is 0 Å². The average molecular weight is 596 g/mol. The van der Waals surface area contributed by atoms with Gasteiger partial charge in [-0.1, -0.05) is 32.2 Å². The van der Waals surface area contributed by atoms with Gasteiger partial charge in [0.2, 0.25) is 0 Å². The molecule has 36 heavy (non-hydrogen) atoms. The van der Waals surface area contributed by atoms with Crippen LogP contribution >= 0.6 is 0 Å². The van der Waals surface area contributed by atoms with Gasteiger partial charge in [-0.15, -0.1) is 0 Å².